The summed E-state index contributed by atoms with van der Waals surface area (Å²) in [5.74, 6) is 0.213. The molecule has 7 heteroatoms. The largest absolute Gasteiger partial charge is 0.375 e. The minimum absolute atomic E-state index is 0.107. The van der Waals surface area contributed by atoms with Crippen molar-refractivity contribution in [1.82, 2.24) is 25.6 Å². The summed E-state index contributed by atoms with van der Waals surface area (Å²) in [6.45, 7) is 6.20. The van der Waals surface area contributed by atoms with Crippen LogP contribution in [-0.2, 0) is 16.1 Å². The Morgan fingerprint density at radius 1 is 1.32 bits per heavy atom. The summed E-state index contributed by atoms with van der Waals surface area (Å²) in [4.78, 5) is 21.4. The highest BCUT2D eigenvalue weighted by Crippen LogP contribution is 2.25. The van der Waals surface area contributed by atoms with Gasteiger partial charge in [-0.25, -0.2) is 5.43 Å². The van der Waals surface area contributed by atoms with E-state index in [2.05, 4.69) is 39.8 Å². The summed E-state index contributed by atoms with van der Waals surface area (Å²) >= 11 is 0. The van der Waals surface area contributed by atoms with Gasteiger partial charge < -0.3 is 9.64 Å². The summed E-state index contributed by atoms with van der Waals surface area (Å²) in [5, 5.41) is 0. The average molecular weight is 345 g/mol. The van der Waals surface area contributed by atoms with E-state index in [-0.39, 0.29) is 24.1 Å². The van der Waals surface area contributed by atoms with E-state index >= 15 is 0 Å². The molecule has 3 saturated heterocycles. The van der Waals surface area contributed by atoms with Crippen molar-refractivity contribution in [2.24, 2.45) is 0 Å². The van der Waals surface area contributed by atoms with E-state index in [9.17, 15) is 4.79 Å². The Balaban J connectivity index is 1.43. The monoisotopic (exact) mass is 345 g/mol. The van der Waals surface area contributed by atoms with E-state index in [0.29, 0.717) is 6.04 Å². The fourth-order valence-corrected chi connectivity index (χ4v) is 4.16. The Kier molecular flexibility index (Phi) is 4.98. The van der Waals surface area contributed by atoms with E-state index in [1.807, 2.05) is 17.3 Å². The lowest BCUT2D eigenvalue weighted by atomic mass is 9.97. The third kappa shape index (κ3) is 3.69. The zero-order valence-corrected chi connectivity index (χ0v) is 14.7. The molecule has 1 amide bonds. The quantitative estimate of drug-likeness (QED) is 0.812. The molecule has 0 aromatic carbocycles. The number of amides is 1. The van der Waals surface area contributed by atoms with E-state index < -0.39 is 0 Å². The molecular formula is C18H27N5O2. The number of rotatable bonds is 3. The average Bonchev–Trinajstić information content (AvgIpc) is 3.08. The van der Waals surface area contributed by atoms with E-state index in [4.69, 9.17) is 4.74 Å². The van der Waals surface area contributed by atoms with Gasteiger partial charge in [0.05, 0.1) is 18.8 Å². The Hall–Kier alpha value is -1.54. The lowest BCUT2D eigenvalue weighted by Crippen LogP contribution is -2.62. The number of hydrogen-bond donors (Lipinski definition) is 2. The maximum Gasteiger partial charge on any atom is 0.241 e. The third-order valence-corrected chi connectivity index (χ3v) is 5.54. The van der Waals surface area contributed by atoms with Gasteiger partial charge in [-0.3, -0.25) is 20.1 Å². The van der Waals surface area contributed by atoms with Crippen LogP contribution in [0.1, 0.15) is 25.3 Å². The number of carbonyl (C=O) groups is 1. The second kappa shape index (κ2) is 7.37. The molecule has 1 aromatic rings. The van der Waals surface area contributed by atoms with E-state index in [1.165, 1.54) is 5.56 Å². The molecule has 0 aliphatic carbocycles. The maximum atomic E-state index is 12.8. The first-order chi connectivity index (χ1) is 12.2. The molecule has 0 saturated carbocycles. The number of aromatic nitrogens is 1. The Morgan fingerprint density at radius 2 is 2.16 bits per heavy atom. The van der Waals surface area contributed by atoms with Gasteiger partial charge in [-0.1, -0.05) is 0 Å². The molecule has 4 heterocycles. The molecule has 2 N–H and O–H groups in total. The van der Waals surface area contributed by atoms with Crippen molar-refractivity contribution in [3.8, 4) is 0 Å². The molecule has 7 nitrogen and oxygen atoms in total. The number of nitrogens with one attached hydrogen (secondary N) is 2. The van der Waals surface area contributed by atoms with Gasteiger partial charge in [-0.15, -0.1) is 0 Å². The van der Waals surface area contributed by atoms with Crippen LogP contribution < -0.4 is 10.9 Å². The van der Waals surface area contributed by atoms with Crippen LogP contribution in [0, 0.1) is 0 Å². The van der Waals surface area contributed by atoms with Crippen molar-refractivity contribution < 1.29 is 9.53 Å². The number of pyridine rings is 1. The summed E-state index contributed by atoms with van der Waals surface area (Å²) in [6, 6.07) is 4.63. The lowest BCUT2D eigenvalue weighted by molar-refractivity contribution is -0.145. The van der Waals surface area contributed by atoms with Crippen LogP contribution in [0.25, 0.3) is 0 Å². The Morgan fingerprint density at radius 3 is 2.92 bits per heavy atom. The fraction of sp³-hybridized carbons (Fsp3) is 0.667. The van der Waals surface area contributed by atoms with Crippen molar-refractivity contribution in [2.75, 3.05) is 26.2 Å². The fourth-order valence-electron chi connectivity index (χ4n) is 4.16. The molecular weight excluding hydrogens is 318 g/mol. The van der Waals surface area contributed by atoms with Gasteiger partial charge in [0.2, 0.25) is 5.91 Å². The molecule has 25 heavy (non-hydrogen) atoms. The summed E-state index contributed by atoms with van der Waals surface area (Å²) in [6.07, 6.45) is 5.67. The molecule has 136 valence electrons. The molecule has 2 unspecified atom stereocenters. The first-order valence-corrected chi connectivity index (χ1v) is 9.25. The third-order valence-electron chi connectivity index (χ3n) is 5.54. The van der Waals surface area contributed by atoms with Gasteiger partial charge in [0.1, 0.15) is 6.04 Å². The van der Waals surface area contributed by atoms with Crippen molar-refractivity contribution >= 4 is 5.91 Å². The van der Waals surface area contributed by atoms with Gasteiger partial charge in [-0.2, -0.15) is 0 Å². The number of fused-ring (bicyclic) bond motifs is 1. The Labute approximate surface area is 148 Å². The van der Waals surface area contributed by atoms with Gasteiger partial charge >= 0.3 is 0 Å². The van der Waals surface area contributed by atoms with Gasteiger partial charge in [-0.05, 0) is 37.5 Å². The second-order valence-electron chi connectivity index (χ2n) is 7.35. The maximum absolute atomic E-state index is 12.8. The SMILES string of the molecule is CC1CC(C(=O)N2CC[C@H]3OCCN(Cc4ccncc4)[C@@H]3C2)NN1. The van der Waals surface area contributed by atoms with E-state index in [1.54, 1.807) is 0 Å². The number of ether oxygens (including phenoxy) is 1. The summed E-state index contributed by atoms with van der Waals surface area (Å²) < 4.78 is 6.00. The molecule has 0 bridgehead atoms. The highest BCUT2D eigenvalue weighted by molar-refractivity contribution is 5.82. The van der Waals surface area contributed by atoms with Gasteiger partial charge in [0.15, 0.2) is 0 Å². The molecule has 4 rings (SSSR count). The molecule has 3 aliphatic rings. The first-order valence-electron chi connectivity index (χ1n) is 9.25. The van der Waals surface area contributed by atoms with E-state index in [0.717, 1.165) is 45.6 Å². The number of hydrogen-bond acceptors (Lipinski definition) is 6. The standard InChI is InChI=1S/C18H27N5O2/c1-13-10-15(21-20-13)18(24)23-7-4-17-16(12-23)22(8-9-25-17)11-14-2-5-19-6-3-14/h2-3,5-6,13,15-17,20-21H,4,7-12H2,1H3/t13?,15?,16-,17-/m1/s1. The van der Waals surface area contributed by atoms with Crippen molar-refractivity contribution in [3.63, 3.8) is 0 Å². The van der Waals surface area contributed by atoms with Crippen LogP contribution in [0.4, 0.5) is 0 Å². The number of nitrogens with zero attached hydrogens (tertiary/aromatic N) is 3. The van der Waals surface area contributed by atoms with Crippen molar-refractivity contribution in [3.05, 3.63) is 30.1 Å². The molecule has 1 aromatic heterocycles. The summed E-state index contributed by atoms with van der Waals surface area (Å²) in [7, 11) is 0. The molecule has 3 aliphatic heterocycles. The molecule has 3 fully saturated rings. The molecule has 4 atom stereocenters. The second-order valence-corrected chi connectivity index (χ2v) is 7.35. The lowest BCUT2D eigenvalue weighted by Gasteiger charge is -2.47. The van der Waals surface area contributed by atoms with Crippen LogP contribution >= 0.6 is 0 Å². The van der Waals surface area contributed by atoms with Crippen LogP contribution in [0.15, 0.2) is 24.5 Å². The number of hydrazine groups is 1. The highest BCUT2D eigenvalue weighted by Gasteiger charge is 2.40. The predicted octanol–water partition coefficient (Wildman–Crippen LogP) is 0.138. The minimum atomic E-state index is -0.107. The molecule has 0 spiro atoms. The van der Waals surface area contributed by atoms with Crippen LogP contribution in [0.5, 0.6) is 0 Å². The molecule has 0 radical (unpaired) electrons. The number of likely N-dealkylation sites (tertiary alicyclic amines) is 1. The van der Waals surface area contributed by atoms with Crippen molar-refractivity contribution in [2.45, 2.75) is 50.5 Å². The van der Waals surface area contributed by atoms with Gasteiger partial charge in [0.25, 0.3) is 0 Å². The topological polar surface area (TPSA) is 69.7 Å². The normalized spacial score (nSPS) is 33.2. The Bertz CT molecular complexity index is 598. The van der Waals surface area contributed by atoms with Crippen LogP contribution in [0.3, 0.4) is 0 Å². The predicted molar refractivity (Wildman–Crippen MR) is 93.5 cm³/mol. The zero-order valence-electron chi connectivity index (χ0n) is 14.7. The number of carbonyl (C=O) groups excluding carboxylic acids is 1. The summed E-state index contributed by atoms with van der Waals surface area (Å²) in [5.41, 5.74) is 7.54. The number of piperidine rings is 1. The zero-order chi connectivity index (χ0) is 17.2. The first kappa shape index (κ1) is 16.9. The van der Waals surface area contributed by atoms with Crippen LogP contribution in [-0.4, -0.2) is 71.2 Å². The number of morpholine rings is 1. The van der Waals surface area contributed by atoms with Crippen LogP contribution in [0.2, 0.25) is 0 Å². The smallest absolute Gasteiger partial charge is 0.241 e. The van der Waals surface area contributed by atoms with Crippen molar-refractivity contribution in [1.29, 1.82) is 0 Å². The minimum Gasteiger partial charge on any atom is -0.375 e. The highest BCUT2D eigenvalue weighted by atomic mass is 16.5. The van der Waals surface area contributed by atoms with Gasteiger partial charge in [0, 0.05) is 44.6 Å².